The van der Waals surface area contributed by atoms with Crippen molar-refractivity contribution in [3.63, 3.8) is 0 Å². The molecule has 11 heavy (non-hydrogen) atoms. The molecule has 0 amide bonds. The predicted octanol–water partition coefficient (Wildman–Crippen LogP) is 1.27. The molecular weight excluding hydrogens is 158 g/mol. The van der Waals surface area contributed by atoms with Crippen LogP contribution in [0.3, 0.4) is 0 Å². The monoisotopic (exact) mass is 173 g/mol. The van der Waals surface area contributed by atoms with E-state index in [4.69, 9.17) is 0 Å². The van der Waals surface area contributed by atoms with Crippen LogP contribution in [0.2, 0.25) is 0 Å². The molecule has 1 saturated heterocycles. The molecule has 3 heteroatoms. The molecule has 2 nitrogen and oxygen atoms in total. The van der Waals surface area contributed by atoms with Gasteiger partial charge in [-0.2, -0.15) is 0 Å². The van der Waals surface area contributed by atoms with Gasteiger partial charge in [-0.15, -0.1) is 0 Å². The average Bonchev–Trinajstić information content (AvgIpc) is 2.03. The van der Waals surface area contributed by atoms with Crippen LogP contribution in [0.15, 0.2) is 0 Å². The minimum Gasteiger partial charge on any atom is -0.317 e. The Bertz CT molecular complexity index is 132. The molecule has 1 aliphatic rings. The molecule has 0 saturated carbocycles. The van der Waals surface area contributed by atoms with Crippen molar-refractivity contribution in [2.24, 2.45) is 5.92 Å². The third-order valence-electron chi connectivity index (χ3n) is 1.98. The quantitative estimate of drug-likeness (QED) is 0.681. The normalized spacial score (nSPS) is 20.1. The summed E-state index contributed by atoms with van der Waals surface area (Å²) in [6, 6.07) is 0. The summed E-state index contributed by atoms with van der Waals surface area (Å²) >= 11 is 1.47. The second-order valence-electron chi connectivity index (χ2n) is 3.00. The topological polar surface area (TPSA) is 29.1 Å². The lowest BCUT2D eigenvalue weighted by atomic mass is 10.0. The Morgan fingerprint density at radius 3 is 2.73 bits per heavy atom. The first kappa shape index (κ1) is 9.07. The lowest BCUT2D eigenvalue weighted by Gasteiger charge is -2.21. The van der Waals surface area contributed by atoms with E-state index in [2.05, 4.69) is 5.32 Å². The van der Waals surface area contributed by atoms with Gasteiger partial charge in [0.2, 0.25) is 0 Å². The summed E-state index contributed by atoms with van der Waals surface area (Å²) < 4.78 is 0. The van der Waals surface area contributed by atoms with Crippen molar-refractivity contribution in [1.82, 2.24) is 5.32 Å². The molecule has 1 fully saturated rings. The molecule has 0 atom stereocenters. The molecular formula is C8H15NOS. The van der Waals surface area contributed by atoms with Crippen LogP contribution in [-0.4, -0.2) is 24.0 Å². The van der Waals surface area contributed by atoms with Gasteiger partial charge in [0.1, 0.15) is 0 Å². The maximum atomic E-state index is 10.6. The highest BCUT2D eigenvalue weighted by atomic mass is 32.2. The molecule has 64 valence electrons. The van der Waals surface area contributed by atoms with Gasteiger partial charge in [0.05, 0.1) is 0 Å². The molecule has 0 spiro atoms. The van der Waals surface area contributed by atoms with Gasteiger partial charge in [0.15, 0.2) is 5.12 Å². The molecule has 1 aliphatic heterocycles. The first-order valence-electron chi connectivity index (χ1n) is 4.13. The van der Waals surface area contributed by atoms with E-state index in [1.54, 1.807) is 6.92 Å². The number of hydrogen-bond acceptors (Lipinski definition) is 3. The fourth-order valence-corrected chi connectivity index (χ4v) is 2.09. The third kappa shape index (κ3) is 3.77. The second kappa shape index (κ2) is 4.78. The van der Waals surface area contributed by atoms with E-state index in [1.807, 2.05) is 0 Å². The molecule has 0 aliphatic carbocycles. The summed E-state index contributed by atoms with van der Waals surface area (Å²) in [5.74, 6) is 1.79. The fourth-order valence-electron chi connectivity index (χ4n) is 1.28. The van der Waals surface area contributed by atoms with E-state index in [1.165, 1.54) is 24.6 Å². The maximum absolute atomic E-state index is 10.6. The van der Waals surface area contributed by atoms with E-state index in [9.17, 15) is 4.79 Å². The van der Waals surface area contributed by atoms with Crippen molar-refractivity contribution in [1.29, 1.82) is 0 Å². The highest BCUT2D eigenvalue weighted by molar-refractivity contribution is 8.13. The molecule has 0 bridgehead atoms. The minimum atomic E-state index is 0.253. The Morgan fingerprint density at radius 2 is 2.18 bits per heavy atom. The zero-order valence-corrected chi connectivity index (χ0v) is 7.75. The van der Waals surface area contributed by atoms with Gasteiger partial charge in [-0.25, -0.2) is 0 Å². The van der Waals surface area contributed by atoms with Crippen molar-refractivity contribution in [3.05, 3.63) is 0 Å². The van der Waals surface area contributed by atoms with E-state index in [-0.39, 0.29) is 5.12 Å². The van der Waals surface area contributed by atoms with Gasteiger partial charge in [-0.1, -0.05) is 11.8 Å². The first-order chi connectivity index (χ1) is 5.29. The Labute approximate surface area is 72.1 Å². The summed E-state index contributed by atoms with van der Waals surface area (Å²) in [6.07, 6.45) is 2.47. The minimum absolute atomic E-state index is 0.253. The Kier molecular flexibility index (Phi) is 3.94. The van der Waals surface area contributed by atoms with Crippen LogP contribution >= 0.6 is 11.8 Å². The van der Waals surface area contributed by atoms with Gasteiger partial charge in [-0.05, 0) is 31.8 Å². The van der Waals surface area contributed by atoms with Crippen molar-refractivity contribution in [2.45, 2.75) is 19.8 Å². The van der Waals surface area contributed by atoms with Gasteiger partial charge >= 0.3 is 0 Å². The second-order valence-corrected chi connectivity index (χ2v) is 4.19. The van der Waals surface area contributed by atoms with E-state index in [0.29, 0.717) is 0 Å². The summed E-state index contributed by atoms with van der Waals surface area (Å²) in [7, 11) is 0. The molecule has 1 N–H and O–H groups in total. The van der Waals surface area contributed by atoms with Crippen LogP contribution in [0.1, 0.15) is 19.8 Å². The Morgan fingerprint density at radius 1 is 1.55 bits per heavy atom. The van der Waals surface area contributed by atoms with Gasteiger partial charge in [0.25, 0.3) is 0 Å². The van der Waals surface area contributed by atoms with Crippen LogP contribution in [0.5, 0.6) is 0 Å². The molecule has 0 aromatic carbocycles. The smallest absolute Gasteiger partial charge is 0.185 e. The largest absolute Gasteiger partial charge is 0.317 e. The zero-order valence-electron chi connectivity index (χ0n) is 6.93. The average molecular weight is 173 g/mol. The fraction of sp³-hybridized carbons (Fsp3) is 0.875. The third-order valence-corrected chi connectivity index (χ3v) is 3.03. The van der Waals surface area contributed by atoms with E-state index < -0.39 is 0 Å². The molecule has 0 aromatic rings. The zero-order chi connectivity index (χ0) is 8.10. The highest BCUT2D eigenvalue weighted by Crippen LogP contribution is 2.17. The lowest BCUT2D eigenvalue weighted by molar-refractivity contribution is -0.109. The standard InChI is InChI=1S/C8H15NOS/c1-7(10)11-6-8-2-4-9-5-3-8/h8-9H,2-6H2,1H3. The molecule has 1 heterocycles. The molecule has 1 rings (SSSR count). The number of hydrogen-bond donors (Lipinski definition) is 1. The number of carbonyl (C=O) groups is 1. The van der Waals surface area contributed by atoms with Crippen LogP contribution in [0.25, 0.3) is 0 Å². The maximum Gasteiger partial charge on any atom is 0.185 e. The van der Waals surface area contributed by atoms with Crippen molar-refractivity contribution in [2.75, 3.05) is 18.8 Å². The highest BCUT2D eigenvalue weighted by Gasteiger charge is 2.13. The van der Waals surface area contributed by atoms with Crippen molar-refractivity contribution < 1.29 is 4.79 Å². The Balaban J connectivity index is 2.09. The summed E-state index contributed by atoms with van der Waals surface area (Å²) in [5, 5.41) is 3.56. The summed E-state index contributed by atoms with van der Waals surface area (Å²) in [5.41, 5.74) is 0. The Hall–Kier alpha value is -0.0200. The van der Waals surface area contributed by atoms with E-state index in [0.717, 1.165) is 24.8 Å². The molecule has 0 unspecified atom stereocenters. The predicted molar refractivity (Wildman–Crippen MR) is 48.7 cm³/mol. The van der Waals surface area contributed by atoms with Crippen LogP contribution in [0, 0.1) is 5.92 Å². The van der Waals surface area contributed by atoms with Gasteiger partial charge < -0.3 is 5.32 Å². The number of rotatable bonds is 2. The van der Waals surface area contributed by atoms with Crippen molar-refractivity contribution in [3.8, 4) is 0 Å². The summed E-state index contributed by atoms with van der Waals surface area (Å²) in [6.45, 7) is 3.90. The van der Waals surface area contributed by atoms with Crippen LogP contribution in [-0.2, 0) is 4.79 Å². The molecule has 0 aromatic heterocycles. The lowest BCUT2D eigenvalue weighted by Crippen LogP contribution is -2.28. The summed E-state index contributed by atoms with van der Waals surface area (Å²) in [4.78, 5) is 10.6. The number of piperidine rings is 1. The first-order valence-corrected chi connectivity index (χ1v) is 5.11. The number of nitrogens with one attached hydrogen (secondary N) is 1. The number of carbonyl (C=O) groups excluding carboxylic acids is 1. The number of thioether (sulfide) groups is 1. The van der Waals surface area contributed by atoms with Crippen LogP contribution < -0.4 is 5.32 Å². The SMILES string of the molecule is CC(=O)SCC1CCNCC1. The van der Waals surface area contributed by atoms with Gasteiger partial charge in [0, 0.05) is 12.7 Å². The van der Waals surface area contributed by atoms with Gasteiger partial charge in [-0.3, -0.25) is 4.79 Å². The molecule has 0 radical (unpaired) electrons. The van der Waals surface area contributed by atoms with Crippen molar-refractivity contribution >= 4 is 16.9 Å². The van der Waals surface area contributed by atoms with E-state index >= 15 is 0 Å². The van der Waals surface area contributed by atoms with Crippen LogP contribution in [0.4, 0.5) is 0 Å².